The number of amides is 2. The van der Waals surface area contributed by atoms with Crippen molar-refractivity contribution in [1.29, 1.82) is 0 Å². The van der Waals surface area contributed by atoms with Crippen LogP contribution in [0.4, 0.5) is 5.69 Å². The van der Waals surface area contributed by atoms with Gasteiger partial charge in [0, 0.05) is 11.3 Å². The maximum atomic E-state index is 13.3. The first-order chi connectivity index (χ1) is 17.0. The Hall–Kier alpha value is -4.58. The molecule has 0 radical (unpaired) electrons. The highest BCUT2D eigenvalue weighted by atomic mass is 16.7. The summed E-state index contributed by atoms with van der Waals surface area (Å²) in [5, 5.41) is 7.78. The fourth-order valence-corrected chi connectivity index (χ4v) is 3.87. The van der Waals surface area contributed by atoms with Gasteiger partial charge >= 0.3 is 0 Å². The summed E-state index contributed by atoms with van der Waals surface area (Å²) in [5.74, 6) is 0.431. The highest BCUT2D eigenvalue weighted by Crippen LogP contribution is 2.33. The highest BCUT2D eigenvalue weighted by Gasteiger charge is 2.18. The third-order valence-corrected chi connectivity index (χ3v) is 5.98. The van der Waals surface area contributed by atoms with Crippen molar-refractivity contribution in [1.82, 2.24) is 5.32 Å². The normalized spacial score (nSPS) is 12.5. The lowest BCUT2D eigenvalue weighted by Gasteiger charge is -2.13. The Kier molecular flexibility index (Phi) is 5.94. The maximum absolute atomic E-state index is 13.3. The van der Waals surface area contributed by atoms with Gasteiger partial charge in [-0.15, -0.1) is 0 Å². The second-order valence-corrected chi connectivity index (χ2v) is 8.44. The monoisotopic (exact) mass is 464 g/mol. The number of carbonyl (C=O) groups excluding carboxylic acids is 2. The predicted molar refractivity (Wildman–Crippen MR) is 137 cm³/mol. The van der Waals surface area contributed by atoms with Crippen LogP contribution >= 0.6 is 0 Å². The van der Waals surface area contributed by atoms with Crippen molar-refractivity contribution in [3.05, 3.63) is 107 Å². The van der Waals surface area contributed by atoms with Gasteiger partial charge in [-0.1, -0.05) is 42.5 Å². The van der Waals surface area contributed by atoms with Crippen molar-refractivity contribution in [2.75, 3.05) is 12.1 Å². The van der Waals surface area contributed by atoms with Crippen LogP contribution in [0.2, 0.25) is 0 Å². The van der Waals surface area contributed by atoms with Gasteiger partial charge in [-0.05, 0) is 83.8 Å². The number of hydrogen-bond donors (Lipinski definition) is 2. The van der Waals surface area contributed by atoms with Crippen molar-refractivity contribution in [3.8, 4) is 11.5 Å². The number of ether oxygens (including phenoxy) is 2. The average Bonchev–Trinajstić information content (AvgIpc) is 3.33. The number of carbonyl (C=O) groups is 2. The van der Waals surface area contributed by atoms with E-state index in [1.807, 2.05) is 68.4 Å². The summed E-state index contributed by atoms with van der Waals surface area (Å²) in [4.78, 5) is 26.4. The summed E-state index contributed by atoms with van der Waals surface area (Å²) in [5.41, 5.74) is 4.00. The molecule has 174 valence electrons. The van der Waals surface area contributed by atoms with Crippen LogP contribution in [-0.2, 0) is 4.79 Å². The third-order valence-electron chi connectivity index (χ3n) is 5.98. The quantitative estimate of drug-likeness (QED) is 0.377. The first-order valence-corrected chi connectivity index (χ1v) is 11.3. The first kappa shape index (κ1) is 22.2. The lowest BCUT2D eigenvalue weighted by Crippen LogP contribution is -2.30. The molecule has 0 saturated heterocycles. The molecule has 2 N–H and O–H groups in total. The minimum atomic E-state index is -0.435. The Morgan fingerprint density at radius 2 is 1.60 bits per heavy atom. The second kappa shape index (κ2) is 9.35. The molecule has 35 heavy (non-hydrogen) atoms. The SMILES string of the molecule is Cc1ccc(C(=O)N/C(=C\c2ccc3c(c2)OCO3)C(=O)Nc2ccc3ccccc3c2)cc1C. The van der Waals surface area contributed by atoms with E-state index in [1.54, 1.807) is 30.3 Å². The van der Waals surface area contributed by atoms with Crippen LogP contribution in [-0.4, -0.2) is 18.6 Å². The van der Waals surface area contributed by atoms with E-state index < -0.39 is 5.91 Å². The van der Waals surface area contributed by atoms with Crippen molar-refractivity contribution in [2.24, 2.45) is 0 Å². The summed E-state index contributed by atoms with van der Waals surface area (Å²) in [6, 6.07) is 24.4. The molecule has 0 bridgehead atoms. The van der Waals surface area contributed by atoms with Gasteiger partial charge in [0.05, 0.1) is 0 Å². The standard InChI is InChI=1S/C29H24N2O4/c1-18-7-9-23(13-19(18)2)28(32)31-25(14-20-8-12-26-27(15-20)35-17-34-26)29(33)30-24-11-10-21-5-3-4-6-22(21)16-24/h3-16H,17H2,1-2H3,(H,30,33)(H,31,32)/b25-14-. The van der Waals surface area contributed by atoms with Crippen LogP contribution in [0.25, 0.3) is 16.8 Å². The molecule has 6 heteroatoms. The molecule has 6 nitrogen and oxygen atoms in total. The summed E-state index contributed by atoms with van der Waals surface area (Å²) in [6.07, 6.45) is 1.62. The number of aryl methyl sites for hydroxylation is 2. The molecule has 1 aliphatic heterocycles. The number of fused-ring (bicyclic) bond motifs is 2. The van der Waals surface area contributed by atoms with Crippen LogP contribution in [0.15, 0.2) is 84.6 Å². The largest absolute Gasteiger partial charge is 0.454 e. The van der Waals surface area contributed by atoms with E-state index in [0.717, 1.165) is 21.9 Å². The van der Waals surface area contributed by atoms with E-state index in [2.05, 4.69) is 10.6 Å². The molecule has 0 aromatic heterocycles. The number of anilines is 1. The Morgan fingerprint density at radius 3 is 2.43 bits per heavy atom. The van der Waals surface area contributed by atoms with Crippen LogP contribution in [0, 0.1) is 13.8 Å². The van der Waals surface area contributed by atoms with Gasteiger partial charge in [0.25, 0.3) is 11.8 Å². The van der Waals surface area contributed by atoms with Crippen molar-refractivity contribution in [2.45, 2.75) is 13.8 Å². The highest BCUT2D eigenvalue weighted by molar-refractivity contribution is 6.11. The fourth-order valence-electron chi connectivity index (χ4n) is 3.87. The van der Waals surface area contributed by atoms with E-state index in [4.69, 9.17) is 9.47 Å². The smallest absolute Gasteiger partial charge is 0.272 e. The molecule has 0 aliphatic carbocycles. The van der Waals surface area contributed by atoms with Crippen molar-refractivity contribution in [3.63, 3.8) is 0 Å². The molecule has 4 aromatic rings. The number of rotatable bonds is 5. The zero-order chi connectivity index (χ0) is 24.4. The molecule has 0 unspecified atom stereocenters. The Balaban J connectivity index is 1.45. The lowest BCUT2D eigenvalue weighted by molar-refractivity contribution is -0.113. The van der Waals surface area contributed by atoms with Gasteiger partial charge in [-0.3, -0.25) is 9.59 Å². The van der Waals surface area contributed by atoms with Crippen LogP contribution in [0.1, 0.15) is 27.0 Å². The minimum absolute atomic E-state index is 0.111. The number of hydrogen-bond acceptors (Lipinski definition) is 4. The zero-order valence-electron chi connectivity index (χ0n) is 19.4. The van der Waals surface area contributed by atoms with E-state index in [0.29, 0.717) is 28.3 Å². The van der Waals surface area contributed by atoms with Gasteiger partial charge < -0.3 is 20.1 Å². The molecular formula is C29H24N2O4. The Bertz CT molecular complexity index is 1490. The maximum Gasteiger partial charge on any atom is 0.272 e. The fraction of sp³-hybridized carbons (Fsp3) is 0.103. The van der Waals surface area contributed by atoms with E-state index in [1.165, 1.54) is 0 Å². The van der Waals surface area contributed by atoms with Crippen molar-refractivity contribution >= 4 is 34.4 Å². The van der Waals surface area contributed by atoms with Crippen molar-refractivity contribution < 1.29 is 19.1 Å². The third kappa shape index (κ3) is 4.87. The molecule has 1 aliphatic rings. The van der Waals surface area contributed by atoms with Gasteiger partial charge in [0.15, 0.2) is 11.5 Å². The summed E-state index contributed by atoms with van der Waals surface area (Å²) < 4.78 is 10.8. The molecule has 0 saturated carbocycles. The molecule has 4 aromatic carbocycles. The second-order valence-electron chi connectivity index (χ2n) is 8.44. The first-order valence-electron chi connectivity index (χ1n) is 11.3. The summed E-state index contributed by atoms with van der Waals surface area (Å²) in [6.45, 7) is 4.09. The van der Waals surface area contributed by atoms with Gasteiger partial charge in [0.1, 0.15) is 5.70 Å². The van der Waals surface area contributed by atoms with E-state index in [9.17, 15) is 9.59 Å². The van der Waals surface area contributed by atoms with Gasteiger partial charge in [-0.25, -0.2) is 0 Å². The van der Waals surface area contributed by atoms with Crippen LogP contribution < -0.4 is 20.1 Å². The van der Waals surface area contributed by atoms with Crippen LogP contribution in [0.3, 0.4) is 0 Å². The Morgan fingerprint density at radius 1 is 0.800 bits per heavy atom. The lowest BCUT2D eigenvalue weighted by atomic mass is 10.1. The molecule has 0 atom stereocenters. The summed E-state index contributed by atoms with van der Waals surface area (Å²) in [7, 11) is 0. The predicted octanol–water partition coefficient (Wildman–Crippen LogP) is 5.59. The number of benzene rings is 4. The molecule has 0 fully saturated rings. The molecule has 5 rings (SSSR count). The summed E-state index contributed by atoms with van der Waals surface area (Å²) >= 11 is 0. The topological polar surface area (TPSA) is 76.7 Å². The zero-order valence-corrected chi connectivity index (χ0v) is 19.4. The molecule has 0 spiro atoms. The van der Waals surface area contributed by atoms with Gasteiger partial charge in [-0.2, -0.15) is 0 Å². The average molecular weight is 465 g/mol. The molecule has 2 amide bonds. The van der Waals surface area contributed by atoms with Crippen LogP contribution in [0.5, 0.6) is 11.5 Å². The van der Waals surface area contributed by atoms with E-state index >= 15 is 0 Å². The van der Waals surface area contributed by atoms with E-state index in [-0.39, 0.29) is 18.4 Å². The molecular weight excluding hydrogens is 440 g/mol. The minimum Gasteiger partial charge on any atom is -0.454 e. The number of nitrogens with one attached hydrogen (secondary N) is 2. The Labute approximate surface area is 203 Å². The van der Waals surface area contributed by atoms with Gasteiger partial charge in [0.2, 0.25) is 6.79 Å². The molecule has 1 heterocycles.